The third kappa shape index (κ3) is 4.51. The molecule has 0 aromatic heterocycles. The van der Waals surface area contributed by atoms with Gasteiger partial charge in [0, 0.05) is 25.1 Å². The number of amides is 1. The van der Waals surface area contributed by atoms with Gasteiger partial charge in [-0.15, -0.1) is 0 Å². The van der Waals surface area contributed by atoms with Gasteiger partial charge in [0.15, 0.2) is 11.5 Å². The lowest BCUT2D eigenvalue weighted by Crippen LogP contribution is -2.40. The molecule has 3 aromatic rings. The minimum Gasteiger partial charge on any atom is -0.454 e. The minimum atomic E-state index is -0.425. The van der Waals surface area contributed by atoms with Crippen LogP contribution >= 0.6 is 0 Å². The van der Waals surface area contributed by atoms with Crippen LogP contribution in [0, 0.1) is 0 Å². The molecule has 2 aliphatic heterocycles. The van der Waals surface area contributed by atoms with Crippen molar-refractivity contribution in [2.24, 2.45) is 0 Å². The van der Waals surface area contributed by atoms with Crippen molar-refractivity contribution in [1.29, 1.82) is 0 Å². The maximum Gasteiger partial charge on any atom is 0.254 e. The fourth-order valence-corrected chi connectivity index (χ4v) is 5.45. The van der Waals surface area contributed by atoms with E-state index in [4.69, 9.17) is 14.2 Å². The first-order chi connectivity index (χ1) is 18.1. The molecule has 6 heteroatoms. The molecule has 1 amide bonds. The van der Waals surface area contributed by atoms with Crippen LogP contribution in [0.25, 0.3) is 11.1 Å². The molecule has 1 saturated heterocycles. The van der Waals surface area contributed by atoms with Crippen LogP contribution in [0.4, 0.5) is 0 Å². The summed E-state index contributed by atoms with van der Waals surface area (Å²) in [6.07, 6.45) is 3.01. The van der Waals surface area contributed by atoms with Crippen LogP contribution in [0.3, 0.4) is 0 Å². The highest BCUT2D eigenvalue weighted by Gasteiger charge is 2.50. The molecule has 2 heterocycles. The summed E-state index contributed by atoms with van der Waals surface area (Å²) in [5.41, 5.74) is 5.69. The van der Waals surface area contributed by atoms with E-state index in [0.29, 0.717) is 38.3 Å². The average molecular weight is 498 g/mol. The van der Waals surface area contributed by atoms with Gasteiger partial charge in [-0.3, -0.25) is 9.59 Å². The Balaban J connectivity index is 1.22. The highest BCUT2D eigenvalue weighted by molar-refractivity contribution is 5.96. The largest absolute Gasteiger partial charge is 0.454 e. The summed E-state index contributed by atoms with van der Waals surface area (Å²) < 4.78 is 16.3. The Bertz CT molecular complexity index is 1340. The number of fused-ring (bicyclic) bond motifs is 1. The number of ketones is 1. The molecule has 0 spiro atoms. The van der Waals surface area contributed by atoms with E-state index >= 15 is 0 Å². The van der Waals surface area contributed by atoms with Crippen LogP contribution in [0.1, 0.15) is 46.8 Å². The average Bonchev–Trinajstić information content (AvgIpc) is 3.64. The number of carbonyl (C=O) groups is 2. The second-order valence-corrected chi connectivity index (χ2v) is 10.1. The predicted octanol–water partition coefficient (Wildman–Crippen LogP) is 4.96. The molecule has 190 valence electrons. The predicted molar refractivity (Wildman–Crippen MR) is 140 cm³/mol. The molecule has 37 heavy (non-hydrogen) atoms. The summed E-state index contributed by atoms with van der Waals surface area (Å²) in [5.74, 6) is 1.75. The number of ether oxygens (including phenoxy) is 3. The topological polar surface area (TPSA) is 65.1 Å². The van der Waals surface area contributed by atoms with Crippen LogP contribution in [-0.4, -0.2) is 49.7 Å². The molecular weight excluding hydrogens is 466 g/mol. The molecule has 3 aromatic carbocycles. The zero-order valence-corrected chi connectivity index (χ0v) is 21.1. The summed E-state index contributed by atoms with van der Waals surface area (Å²) in [7, 11) is 0. The summed E-state index contributed by atoms with van der Waals surface area (Å²) >= 11 is 0. The highest BCUT2D eigenvalue weighted by atomic mass is 16.7. The standard InChI is InChI=1S/C31H31NO5/c1-2-22-4-3-21(18-29(33)31(11-12-31)25-9-10-27-28(19-25)37-20-36-27)17-26(22)23-5-7-24(8-6-23)30(34)32-13-15-35-16-14-32/h3-10,17,19H,2,11-16,18,20H2,1H3. The van der Waals surface area contributed by atoms with Crippen molar-refractivity contribution in [2.45, 2.75) is 38.0 Å². The van der Waals surface area contributed by atoms with Crippen molar-refractivity contribution in [3.63, 3.8) is 0 Å². The Labute approximate surface area is 217 Å². The van der Waals surface area contributed by atoms with E-state index in [9.17, 15) is 9.59 Å². The van der Waals surface area contributed by atoms with Crippen LogP contribution in [-0.2, 0) is 27.8 Å². The van der Waals surface area contributed by atoms with E-state index in [0.717, 1.165) is 53.0 Å². The quantitative estimate of drug-likeness (QED) is 0.462. The molecule has 0 N–H and O–H groups in total. The van der Waals surface area contributed by atoms with Crippen LogP contribution in [0.5, 0.6) is 11.5 Å². The molecule has 1 aliphatic carbocycles. The number of rotatable bonds is 7. The van der Waals surface area contributed by atoms with Gasteiger partial charge in [0.1, 0.15) is 5.78 Å². The third-order valence-corrected chi connectivity index (χ3v) is 7.87. The molecule has 2 fully saturated rings. The molecule has 0 bridgehead atoms. The summed E-state index contributed by atoms with van der Waals surface area (Å²) in [5, 5.41) is 0. The summed E-state index contributed by atoms with van der Waals surface area (Å²) in [4.78, 5) is 28.2. The zero-order chi connectivity index (χ0) is 25.4. The third-order valence-electron chi connectivity index (χ3n) is 7.87. The Hall–Kier alpha value is -3.64. The number of hydrogen-bond acceptors (Lipinski definition) is 5. The summed E-state index contributed by atoms with van der Waals surface area (Å²) in [6.45, 7) is 4.80. The van der Waals surface area contributed by atoms with Gasteiger partial charge in [0.2, 0.25) is 6.79 Å². The number of Topliss-reactive ketones (excluding diaryl/α,β-unsaturated/α-hetero) is 1. The maximum absolute atomic E-state index is 13.5. The van der Waals surface area contributed by atoms with E-state index < -0.39 is 5.41 Å². The van der Waals surface area contributed by atoms with Crippen LogP contribution in [0.2, 0.25) is 0 Å². The van der Waals surface area contributed by atoms with Gasteiger partial charge in [-0.2, -0.15) is 0 Å². The molecule has 0 atom stereocenters. The molecule has 1 saturated carbocycles. The number of aryl methyl sites for hydroxylation is 1. The fraction of sp³-hybridized carbons (Fsp3) is 0.355. The van der Waals surface area contributed by atoms with Crippen molar-refractivity contribution in [3.05, 3.63) is 82.9 Å². The van der Waals surface area contributed by atoms with E-state index in [1.165, 1.54) is 5.56 Å². The van der Waals surface area contributed by atoms with Gasteiger partial charge in [-0.05, 0) is 71.3 Å². The molecule has 3 aliphatic rings. The van der Waals surface area contributed by atoms with Gasteiger partial charge in [-0.25, -0.2) is 0 Å². The van der Waals surface area contributed by atoms with Gasteiger partial charge >= 0.3 is 0 Å². The second-order valence-electron chi connectivity index (χ2n) is 10.1. The normalized spacial score (nSPS) is 17.5. The van der Waals surface area contributed by atoms with E-state index in [-0.39, 0.29) is 18.5 Å². The maximum atomic E-state index is 13.5. The van der Waals surface area contributed by atoms with Crippen LogP contribution in [0.15, 0.2) is 60.7 Å². The molecule has 0 unspecified atom stereocenters. The smallest absolute Gasteiger partial charge is 0.254 e. The SMILES string of the molecule is CCc1ccc(CC(=O)C2(c3ccc4c(c3)OCO4)CC2)cc1-c1ccc(C(=O)N2CCOCC2)cc1. The summed E-state index contributed by atoms with van der Waals surface area (Å²) in [6, 6.07) is 20.1. The van der Waals surface area contributed by atoms with Crippen molar-refractivity contribution in [2.75, 3.05) is 33.1 Å². The van der Waals surface area contributed by atoms with Crippen molar-refractivity contribution < 1.29 is 23.8 Å². The van der Waals surface area contributed by atoms with Gasteiger partial charge in [0.05, 0.1) is 18.6 Å². The van der Waals surface area contributed by atoms with Crippen molar-refractivity contribution >= 4 is 11.7 Å². The lowest BCUT2D eigenvalue weighted by Gasteiger charge is -2.26. The van der Waals surface area contributed by atoms with E-state index in [1.807, 2.05) is 47.4 Å². The number of carbonyl (C=O) groups excluding carboxylic acids is 2. The first-order valence-corrected chi connectivity index (χ1v) is 13.1. The first-order valence-electron chi connectivity index (χ1n) is 13.1. The van der Waals surface area contributed by atoms with Crippen molar-refractivity contribution in [3.8, 4) is 22.6 Å². The number of nitrogens with zero attached hydrogens (tertiary/aromatic N) is 1. The molecule has 6 nitrogen and oxygen atoms in total. The monoisotopic (exact) mass is 497 g/mol. The Morgan fingerprint density at radius 1 is 0.892 bits per heavy atom. The van der Waals surface area contributed by atoms with Crippen molar-refractivity contribution in [1.82, 2.24) is 4.90 Å². The molecule has 0 radical (unpaired) electrons. The lowest BCUT2D eigenvalue weighted by molar-refractivity contribution is -0.120. The van der Waals surface area contributed by atoms with E-state index in [1.54, 1.807) is 0 Å². The molecular formula is C31H31NO5. The highest BCUT2D eigenvalue weighted by Crippen LogP contribution is 2.51. The zero-order valence-electron chi connectivity index (χ0n) is 21.1. The van der Waals surface area contributed by atoms with Crippen LogP contribution < -0.4 is 9.47 Å². The number of hydrogen-bond donors (Lipinski definition) is 0. The lowest BCUT2D eigenvalue weighted by atomic mass is 9.86. The minimum absolute atomic E-state index is 0.0446. The second kappa shape index (κ2) is 9.67. The number of benzene rings is 3. The first kappa shape index (κ1) is 23.7. The van der Waals surface area contributed by atoms with E-state index in [2.05, 4.69) is 25.1 Å². The van der Waals surface area contributed by atoms with Gasteiger partial charge in [-0.1, -0.05) is 43.3 Å². The Morgan fingerprint density at radius 3 is 2.38 bits per heavy atom. The van der Waals surface area contributed by atoms with Gasteiger partial charge in [0.25, 0.3) is 5.91 Å². The number of morpholine rings is 1. The Kier molecular flexibility index (Phi) is 6.21. The molecule has 6 rings (SSSR count). The Morgan fingerprint density at radius 2 is 1.65 bits per heavy atom. The van der Waals surface area contributed by atoms with Gasteiger partial charge < -0.3 is 19.1 Å². The fourth-order valence-electron chi connectivity index (χ4n) is 5.45.